The Morgan fingerprint density at radius 1 is 1.38 bits per heavy atom. The van der Waals surface area contributed by atoms with Crippen LogP contribution in [0.3, 0.4) is 0 Å². The fourth-order valence-corrected chi connectivity index (χ4v) is 2.74. The largest absolute Gasteiger partial charge is 0.472 e. The first kappa shape index (κ1) is 18.8. The van der Waals surface area contributed by atoms with Gasteiger partial charge in [0.1, 0.15) is 5.82 Å². The third kappa shape index (κ3) is 4.96. The van der Waals surface area contributed by atoms with Crippen LogP contribution in [0.15, 0.2) is 28.0 Å². The van der Waals surface area contributed by atoms with Gasteiger partial charge in [0.15, 0.2) is 11.8 Å². The molecule has 0 bridgehead atoms. The second-order valence-corrected chi connectivity index (χ2v) is 6.00. The predicted octanol–water partition coefficient (Wildman–Crippen LogP) is 2.51. The van der Waals surface area contributed by atoms with E-state index >= 15 is 0 Å². The maximum absolute atomic E-state index is 5.10. The Hall–Kier alpha value is -1.58. The predicted molar refractivity (Wildman–Crippen MR) is 103 cm³/mol. The molecule has 0 unspecified atom stereocenters. The first-order valence-electron chi connectivity index (χ1n) is 8.13. The minimum atomic E-state index is 0. The highest BCUT2D eigenvalue weighted by atomic mass is 127. The van der Waals surface area contributed by atoms with E-state index in [4.69, 9.17) is 4.42 Å². The summed E-state index contributed by atoms with van der Waals surface area (Å²) in [6.45, 7) is 3.14. The van der Waals surface area contributed by atoms with Gasteiger partial charge in [0, 0.05) is 18.7 Å². The number of aryl methyl sites for hydroxylation is 1. The van der Waals surface area contributed by atoms with E-state index in [1.807, 2.05) is 24.6 Å². The first-order chi connectivity index (χ1) is 11.2. The van der Waals surface area contributed by atoms with E-state index in [1.165, 1.54) is 25.7 Å². The summed E-state index contributed by atoms with van der Waals surface area (Å²) < 4.78 is 7.08. The van der Waals surface area contributed by atoms with Gasteiger partial charge in [0.25, 0.3) is 0 Å². The van der Waals surface area contributed by atoms with Crippen LogP contribution in [0.25, 0.3) is 0 Å². The van der Waals surface area contributed by atoms with E-state index in [0.29, 0.717) is 19.1 Å². The Morgan fingerprint density at radius 2 is 2.17 bits per heavy atom. The van der Waals surface area contributed by atoms with Crippen molar-refractivity contribution in [3.05, 3.63) is 35.8 Å². The molecule has 2 N–H and O–H groups in total. The van der Waals surface area contributed by atoms with Gasteiger partial charge in [0.05, 0.1) is 25.6 Å². The van der Waals surface area contributed by atoms with Crippen LogP contribution >= 0.6 is 24.0 Å². The Kier molecular flexibility index (Phi) is 7.07. The lowest BCUT2D eigenvalue weighted by Crippen LogP contribution is -2.42. The molecular formula is C16H25IN6O. The maximum atomic E-state index is 5.10. The summed E-state index contributed by atoms with van der Waals surface area (Å²) in [4.78, 5) is 4.66. The smallest absolute Gasteiger partial charge is 0.192 e. The fourth-order valence-electron chi connectivity index (χ4n) is 2.74. The molecule has 0 amide bonds. The Bertz CT molecular complexity index is 646. The van der Waals surface area contributed by atoms with Crippen molar-refractivity contribution in [2.75, 3.05) is 0 Å². The summed E-state index contributed by atoms with van der Waals surface area (Å²) >= 11 is 0. The number of aromatic nitrogens is 3. The van der Waals surface area contributed by atoms with Crippen LogP contribution < -0.4 is 10.6 Å². The van der Waals surface area contributed by atoms with Crippen LogP contribution in [-0.2, 0) is 20.1 Å². The molecule has 8 heteroatoms. The van der Waals surface area contributed by atoms with Gasteiger partial charge in [-0.1, -0.05) is 12.8 Å². The number of rotatable bonds is 5. The molecule has 0 aromatic carbocycles. The lowest BCUT2D eigenvalue weighted by Gasteiger charge is -2.17. The van der Waals surface area contributed by atoms with Crippen LogP contribution in [0.4, 0.5) is 0 Å². The summed E-state index contributed by atoms with van der Waals surface area (Å²) in [5.74, 6) is 2.62. The van der Waals surface area contributed by atoms with Crippen molar-refractivity contribution in [1.29, 1.82) is 0 Å². The molecule has 0 aliphatic heterocycles. The molecule has 0 radical (unpaired) electrons. The van der Waals surface area contributed by atoms with Gasteiger partial charge < -0.3 is 19.6 Å². The molecule has 1 saturated carbocycles. The summed E-state index contributed by atoms with van der Waals surface area (Å²) in [6, 6.07) is 2.44. The highest BCUT2D eigenvalue weighted by molar-refractivity contribution is 14.0. The third-order valence-electron chi connectivity index (χ3n) is 4.29. The minimum Gasteiger partial charge on any atom is -0.472 e. The highest BCUT2D eigenvalue weighted by Crippen LogP contribution is 2.17. The fraction of sp³-hybridized carbons (Fsp3) is 0.562. The van der Waals surface area contributed by atoms with Crippen molar-refractivity contribution in [3.8, 4) is 0 Å². The third-order valence-corrected chi connectivity index (χ3v) is 4.29. The molecule has 0 saturated heterocycles. The number of nitrogens with zero attached hydrogens (tertiary/aromatic N) is 4. The van der Waals surface area contributed by atoms with Crippen molar-refractivity contribution in [3.63, 3.8) is 0 Å². The van der Waals surface area contributed by atoms with Crippen molar-refractivity contribution < 1.29 is 4.42 Å². The second-order valence-electron chi connectivity index (χ2n) is 6.00. The summed E-state index contributed by atoms with van der Waals surface area (Å²) in [5.41, 5.74) is 1.06. The number of guanidine groups is 1. The quantitative estimate of drug-likeness (QED) is 0.421. The number of nitrogens with one attached hydrogen (secondary N) is 2. The van der Waals surface area contributed by atoms with E-state index < -0.39 is 0 Å². The molecule has 24 heavy (non-hydrogen) atoms. The van der Waals surface area contributed by atoms with Gasteiger partial charge in [-0.05, 0) is 25.8 Å². The second kappa shape index (κ2) is 9.05. The molecule has 0 atom stereocenters. The number of furan rings is 1. The number of hydrogen-bond acceptors (Lipinski definition) is 4. The van der Waals surface area contributed by atoms with Gasteiger partial charge in [-0.15, -0.1) is 34.2 Å². The molecular weight excluding hydrogens is 419 g/mol. The van der Waals surface area contributed by atoms with Crippen molar-refractivity contribution in [2.24, 2.45) is 12.0 Å². The van der Waals surface area contributed by atoms with Gasteiger partial charge in [-0.25, -0.2) is 4.99 Å². The number of hydrogen-bond donors (Lipinski definition) is 2. The van der Waals surface area contributed by atoms with E-state index in [-0.39, 0.29) is 24.0 Å². The van der Waals surface area contributed by atoms with E-state index in [0.717, 1.165) is 23.2 Å². The topological polar surface area (TPSA) is 80.3 Å². The normalized spacial score (nSPS) is 15.3. The van der Waals surface area contributed by atoms with Gasteiger partial charge >= 0.3 is 0 Å². The van der Waals surface area contributed by atoms with Crippen LogP contribution in [0.2, 0.25) is 0 Å². The zero-order valence-corrected chi connectivity index (χ0v) is 16.5. The molecule has 2 heterocycles. The zero-order valence-electron chi connectivity index (χ0n) is 14.2. The Morgan fingerprint density at radius 3 is 2.79 bits per heavy atom. The van der Waals surface area contributed by atoms with Crippen molar-refractivity contribution in [2.45, 2.75) is 51.7 Å². The molecule has 2 aromatic heterocycles. The summed E-state index contributed by atoms with van der Waals surface area (Å²) in [7, 11) is 1.97. The van der Waals surface area contributed by atoms with Crippen molar-refractivity contribution in [1.82, 2.24) is 25.4 Å². The summed E-state index contributed by atoms with van der Waals surface area (Å²) in [5, 5.41) is 15.2. The highest BCUT2D eigenvalue weighted by Gasteiger charge is 2.16. The molecule has 1 fully saturated rings. The average molecular weight is 444 g/mol. The Labute approximate surface area is 159 Å². The maximum Gasteiger partial charge on any atom is 0.192 e. The standard InChI is InChI=1S/C16H24N6O.HI/c1-12-20-21-15(22(12)2)10-18-16(19-14-5-3-4-6-14)17-9-13-7-8-23-11-13;/h7-8,11,14H,3-6,9-10H2,1-2H3,(H2,17,18,19);1H. The number of aliphatic imine (C=N–C) groups is 1. The average Bonchev–Trinajstić information content (AvgIpc) is 3.28. The molecule has 1 aliphatic carbocycles. The SMILES string of the molecule is Cc1nnc(CNC(=NCc2ccoc2)NC2CCCC2)n1C.I. The molecule has 0 spiro atoms. The Balaban J connectivity index is 0.00000208. The van der Waals surface area contributed by atoms with Crippen LogP contribution in [-0.4, -0.2) is 26.8 Å². The first-order valence-corrected chi connectivity index (χ1v) is 8.13. The number of halogens is 1. The monoisotopic (exact) mass is 444 g/mol. The molecule has 7 nitrogen and oxygen atoms in total. The molecule has 132 valence electrons. The van der Waals surface area contributed by atoms with Crippen LogP contribution in [0.1, 0.15) is 42.9 Å². The molecule has 2 aromatic rings. The van der Waals surface area contributed by atoms with Gasteiger partial charge in [0.2, 0.25) is 0 Å². The lowest BCUT2D eigenvalue weighted by molar-refractivity contribution is 0.563. The van der Waals surface area contributed by atoms with E-state index in [1.54, 1.807) is 12.5 Å². The zero-order chi connectivity index (χ0) is 16.1. The summed E-state index contributed by atoms with van der Waals surface area (Å²) in [6.07, 6.45) is 8.38. The van der Waals surface area contributed by atoms with Crippen LogP contribution in [0.5, 0.6) is 0 Å². The van der Waals surface area contributed by atoms with E-state index in [2.05, 4.69) is 25.8 Å². The van der Waals surface area contributed by atoms with Gasteiger partial charge in [-0.3, -0.25) is 0 Å². The minimum absolute atomic E-state index is 0. The molecule has 3 rings (SSSR count). The van der Waals surface area contributed by atoms with Gasteiger partial charge in [-0.2, -0.15) is 0 Å². The van der Waals surface area contributed by atoms with Crippen LogP contribution in [0, 0.1) is 6.92 Å². The molecule has 1 aliphatic rings. The lowest BCUT2D eigenvalue weighted by atomic mass is 10.2. The van der Waals surface area contributed by atoms with Crippen molar-refractivity contribution >= 4 is 29.9 Å². The van der Waals surface area contributed by atoms with E-state index in [9.17, 15) is 0 Å².